The lowest BCUT2D eigenvalue weighted by atomic mass is 10.0. The number of carbonyl (C=O) groups is 1. The molecule has 0 radical (unpaired) electrons. The topological polar surface area (TPSA) is 61.5 Å². The molecule has 0 aliphatic rings. The molecule has 0 aliphatic heterocycles. The van der Waals surface area contributed by atoms with E-state index in [2.05, 4.69) is 15.9 Å². The highest BCUT2D eigenvalue weighted by atomic mass is 79.9. The van der Waals surface area contributed by atoms with Gasteiger partial charge in [-0.2, -0.15) is 0 Å². The molecule has 1 atom stereocenters. The van der Waals surface area contributed by atoms with Gasteiger partial charge in [-0.1, -0.05) is 36.4 Å². The second-order valence-corrected chi connectivity index (χ2v) is 5.93. The quantitative estimate of drug-likeness (QED) is 0.741. The Morgan fingerprint density at radius 3 is 2.61 bits per heavy atom. The Kier molecular flexibility index (Phi) is 6.62. The fraction of sp³-hybridized carbons (Fsp3) is 0.278. The molecule has 2 aromatic carbocycles. The fourth-order valence-electron chi connectivity index (χ4n) is 2.12. The van der Waals surface area contributed by atoms with Crippen LogP contribution in [0, 0.1) is 0 Å². The van der Waals surface area contributed by atoms with E-state index >= 15 is 0 Å². The van der Waals surface area contributed by atoms with Crippen molar-refractivity contribution in [3.8, 4) is 5.75 Å². The first kappa shape index (κ1) is 17.5. The van der Waals surface area contributed by atoms with Crippen LogP contribution >= 0.6 is 15.9 Å². The highest BCUT2D eigenvalue weighted by Crippen LogP contribution is 2.29. The van der Waals surface area contributed by atoms with Gasteiger partial charge in [-0.25, -0.2) is 0 Å². The highest BCUT2D eigenvalue weighted by molar-refractivity contribution is 9.10. The van der Waals surface area contributed by atoms with Crippen molar-refractivity contribution >= 4 is 21.9 Å². The first-order valence-electron chi connectivity index (χ1n) is 7.47. The number of rotatable bonds is 7. The molecule has 0 saturated heterocycles. The SMILES string of the molecule is CCOC(=O)C[C@@H](N)c1ccc(OCc2ccccc2)c(Br)c1. The lowest BCUT2D eigenvalue weighted by Crippen LogP contribution is -2.17. The molecule has 2 N–H and O–H groups in total. The van der Waals surface area contributed by atoms with E-state index in [-0.39, 0.29) is 12.4 Å². The van der Waals surface area contributed by atoms with Crippen molar-refractivity contribution in [3.63, 3.8) is 0 Å². The molecular weight excluding hydrogens is 358 g/mol. The lowest BCUT2D eigenvalue weighted by molar-refractivity contribution is -0.143. The van der Waals surface area contributed by atoms with E-state index in [0.29, 0.717) is 13.2 Å². The lowest BCUT2D eigenvalue weighted by Gasteiger charge is -2.14. The third-order valence-electron chi connectivity index (χ3n) is 3.31. The summed E-state index contributed by atoms with van der Waals surface area (Å²) in [6.07, 6.45) is 0.157. The van der Waals surface area contributed by atoms with Gasteiger partial charge in [0.2, 0.25) is 0 Å². The molecule has 0 unspecified atom stereocenters. The summed E-state index contributed by atoms with van der Waals surface area (Å²) in [7, 11) is 0. The summed E-state index contributed by atoms with van der Waals surface area (Å²) in [5.41, 5.74) is 8.01. The van der Waals surface area contributed by atoms with Gasteiger partial charge < -0.3 is 15.2 Å². The van der Waals surface area contributed by atoms with E-state index < -0.39 is 6.04 Å². The summed E-state index contributed by atoms with van der Waals surface area (Å²) in [6.45, 7) is 2.63. The standard InChI is InChI=1S/C18H20BrNO3/c1-2-22-18(21)11-16(20)14-8-9-17(15(19)10-14)23-12-13-6-4-3-5-7-13/h3-10,16H,2,11-12,20H2,1H3/t16-/m1/s1. The largest absolute Gasteiger partial charge is 0.488 e. The third-order valence-corrected chi connectivity index (χ3v) is 3.93. The molecule has 4 nitrogen and oxygen atoms in total. The van der Waals surface area contributed by atoms with E-state index in [1.807, 2.05) is 48.5 Å². The molecule has 0 bridgehead atoms. The predicted molar refractivity (Wildman–Crippen MR) is 93.1 cm³/mol. The number of carbonyl (C=O) groups excluding carboxylic acids is 1. The molecular formula is C18H20BrNO3. The van der Waals surface area contributed by atoms with Crippen molar-refractivity contribution in [1.29, 1.82) is 0 Å². The summed E-state index contributed by atoms with van der Waals surface area (Å²) in [6, 6.07) is 15.2. The number of benzene rings is 2. The van der Waals surface area contributed by atoms with Gasteiger partial charge >= 0.3 is 5.97 Å². The van der Waals surface area contributed by atoms with E-state index in [1.165, 1.54) is 0 Å². The Bertz CT molecular complexity index is 646. The first-order chi connectivity index (χ1) is 11.1. The van der Waals surface area contributed by atoms with Crippen LogP contribution in [0.2, 0.25) is 0 Å². The summed E-state index contributed by atoms with van der Waals surface area (Å²) in [5.74, 6) is 0.446. The Balaban J connectivity index is 1.98. The highest BCUT2D eigenvalue weighted by Gasteiger charge is 2.14. The average molecular weight is 378 g/mol. The van der Waals surface area contributed by atoms with Crippen molar-refractivity contribution in [3.05, 3.63) is 64.1 Å². The summed E-state index contributed by atoms with van der Waals surface area (Å²) in [5, 5.41) is 0. The number of ether oxygens (including phenoxy) is 2. The van der Waals surface area contributed by atoms with Crippen molar-refractivity contribution in [2.45, 2.75) is 26.0 Å². The van der Waals surface area contributed by atoms with E-state index in [4.69, 9.17) is 15.2 Å². The monoisotopic (exact) mass is 377 g/mol. The third kappa shape index (κ3) is 5.37. The van der Waals surface area contributed by atoms with Crippen molar-refractivity contribution in [1.82, 2.24) is 0 Å². The molecule has 0 saturated carbocycles. The van der Waals surface area contributed by atoms with Crippen LogP contribution in [0.4, 0.5) is 0 Å². The minimum Gasteiger partial charge on any atom is -0.488 e. The number of hydrogen-bond donors (Lipinski definition) is 1. The zero-order valence-corrected chi connectivity index (χ0v) is 14.6. The average Bonchev–Trinajstić information content (AvgIpc) is 2.54. The number of esters is 1. The minimum absolute atomic E-state index is 0.157. The maximum absolute atomic E-state index is 11.5. The number of halogens is 1. The van der Waals surface area contributed by atoms with E-state index in [1.54, 1.807) is 6.92 Å². The van der Waals surface area contributed by atoms with Gasteiger partial charge in [0.1, 0.15) is 12.4 Å². The summed E-state index contributed by atoms with van der Waals surface area (Å²) in [4.78, 5) is 11.5. The van der Waals surface area contributed by atoms with Gasteiger partial charge in [-0.15, -0.1) is 0 Å². The molecule has 0 fully saturated rings. The molecule has 0 amide bonds. The molecule has 5 heteroatoms. The second kappa shape index (κ2) is 8.70. The Morgan fingerprint density at radius 2 is 1.96 bits per heavy atom. The molecule has 0 heterocycles. The van der Waals surface area contributed by atoms with Crippen LogP contribution in [0.3, 0.4) is 0 Å². The minimum atomic E-state index is -0.395. The van der Waals surface area contributed by atoms with Crippen LogP contribution in [-0.2, 0) is 16.1 Å². The predicted octanol–water partition coefficient (Wildman–Crippen LogP) is 3.98. The maximum atomic E-state index is 11.5. The van der Waals surface area contributed by atoms with Gasteiger partial charge in [-0.3, -0.25) is 4.79 Å². The second-order valence-electron chi connectivity index (χ2n) is 5.08. The van der Waals surface area contributed by atoms with Gasteiger partial charge in [0, 0.05) is 6.04 Å². The molecule has 2 rings (SSSR count). The molecule has 122 valence electrons. The zero-order valence-electron chi connectivity index (χ0n) is 13.0. The van der Waals surface area contributed by atoms with Crippen molar-refractivity contribution < 1.29 is 14.3 Å². The fourth-order valence-corrected chi connectivity index (χ4v) is 2.63. The van der Waals surface area contributed by atoms with Crippen LogP contribution in [0.25, 0.3) is 0 Å². The number of hydrogen-bond acceptors (Lipinski definition) is 4. The molecule has 0 aromatic heterocycles. The Morgan fingerprint density at radius 1 is 1.22 bits per heavy atom. The Hall–Kier alpha value is -1.85. The molecule has 2 aromatic rings. The van der Waals surface area contributed by atoms with Gasteiger partial charge in [0.15, 0.2) is 0 Å². The molecule has 0 spiro atoms. The van der Waals surface area contributed by atoms with Crippen LogP contribution in [0.5, 0.6) is 5.75 Å². The maximum Gasteiger partial charge on any atom is 0.307 e. The zero-order chi connectivity index (χ0) is 16.7. The van der Waals surface area contributed by atoms with Crippen molar-refractivity contribution in [2.24, 2.45) is 5.73 Å². The van der Waals surface area contributed by atoms with Crippen molar-refractivity contribution in [2.75, 3.05) is 6.61 Å². The molecule has 0 aliphatic carbocycles. The molecule has 23 heavy (non-hydrogen) atoms. The van der Waals surface area contributed by atoms with E-state index in [9.17, 15) is 4.79 Å². The van der Waals surface area contributed by atoms with Crippen LogP contribution in [-0.4, -0.2) is 12.6 Å². The summed E-state index contributed by atoms with van der Waals surface area (Å²) < 4.78 is 11.5. The number of nitrogens with two attached hydrogens (primary N) is 1. The summed E-state index contributed by atoms with van der Waals surface area (Å²) >= 11 is 3.49. The van der Waals surface area contributed by atoms with Crippen LogP contribution < -0.4 is 10.5 Å². The van der Waals surface area contributed by atoms with Gasteiger partial charge in [0.05, 0.1) is 17.5 Å². The van der Waals surface area contributed by atoms with E-state index in [0.717, 1.165) is 21.3 Å². The smallest absolute Gasteiger partial charge is 0.307 e. The first-order valence-corrected chi connectivity index (χ1v) is 8.26. The van der Waals surface area contributed by atoms with Gasteiger partial charge in [-0.05, 0) is 46.1 Å². The Labute approximate surface area is 144 Å². The van der Waals surface area contributed by atoms with Gasteiger partial charge in [0.25, 0.3) is 0 Å². The van der Waals surface area contributed by atoms with Crippen LogP contribution in [0.15, 0.2) is 53.0 Å². The van der Waals surface area contributed by atoms with Crippen LogP contribution in [0.1, 0.15) is 30.5 Å². The normalized spacial score (nSPS) is 11.8.